The topological polar surface area (TPSA) is 130 Å². The number of carbonyl (C=O) groups is 3. The van der Waals surface area contributed by atoms with Gasteiger partial charge >= 0.3 is 12.0 Å². The predicted molar refractivity (Wildman–Crippen MR) is 159 cm³/mol. The number of urea groups is 1. The van der Waals surface area contributed by atoms with Crippen LogP contribution in [0.2, 0.25) is 0 Å². The van der Waals surface area contributed by atoms with Crippen LogP contribution in [0.3, 0.4) is 0 Å². The Balaban J connectivity index is 1.43. The minimum Gasteiger partial charge on any atom is -0.461 e. The second-order valence-corrected chi connectivity index (χ2v) is 11.9. The first-order chi connectivity index (χ1) is 20.3. The monoisotopic (exact) mass is 577 g/mol. The number of fused-ring (bicyclic) bond motifs is 1. The molecule has 3 amide bonds. The Labute approximate surface area is 247 Å². The van der Waals surface area contributed by atoms with Gasteiger partial charge in [-0.15, -0.1) is 0 Å². The summed E-state index contributed by atoms with van der Waals surface area (Å²) in [6.07, 6.45) is 8.79. The molecule has 1 aromatic carbocycles. The molecule has 0 radical (unpaired) electrons. The van der Waals surface area contributed by atoms with Crippen LogP contribution in [0.15, 0.2) is 34.9 Å². The molecular weight excluding hydrogens is 534 g/mol. The number of nitrogens with zero attached hydrogens (tertiary/aromatic N) is 2. The molecule has 2 atom stereocenters. The Morgan fingerprint density at radius 2 is 1.83 bits per heavy atom. The standard InChI is InChI=1S/C32H43N5O5/c1-4-41-31(39)27-28(21-13-14-21)42-30(36-27)26(18-22-19-33-24-12-8-7-11-23(22)24)34-29(38)25(17-20(2)3)35-32(40)37-15-9-5-6-10-16-37/h7-8,11-12,19-21,25-26,33H,4-6,9-10,13-18H2,1-3H3,(H,34,38)(H,35,40)/t25-,26+/m0/s1. The molecule has 0 spiro atoms. The van der Waals surface area contributed by atoms with Gasteiger partial charge in [0.25, 0.3) is 0 Å². The molecule has 226 valence electrons. The maximum absolute atomic E-state index is 13.9. The Hall–Kier alpha value is -3.82. The second kappa shape index (κ2) is 13.4. The van der Waals surface area contributed by atoms with Gasteiger partial charge in [-0.2, -0.15) is 0 Å². The van der Waals surface area contributed by atoms with E-state index in [1.807, 2.05) is 49.2 Å². The molecule has 1 saturated heterocycles. The van der Waals surface area contributed by atoms with Crippen molar-refractivity contribution in [3.05, 3.63) is 53.4 Å². The molecule has 1 aliphatic carbocycles. The summed E-state index contributed by atoms with van der Waals surface area (Å²) in [5, 5.41) is 7.19. The summed E-state index contributed by atoms with van der Waals surface area (Å²) >= 11 is 0. The Morgan fingerprint density at radius 3 is 2.52 bits per heavy atom. The average molecular weight is 578 g/mol. The van der Waals surface area contributed by atoms with Gasteiger partial charge in [-0.05, 0) is 56.6 Å². The highest BCUT2D eigenvalue weighted by Gasteiger charge is 2.37. The molecule has 2 aliphatic rings. The number of para-hydroxylation sites is 1. The van der Waals surface area contributed by atoms with Crippen LogP contribution in [0.25, 0.3) is 10.9 Å². The number of aromatic amines is 1. The molecule has 2 aromatic heterocycles. The molecule has 3 N–H and O–H groups in total. The molecule has 1 aliphatic heterocycles. The third-order valence-electron chi connectivity index (χ3n) is 8.01. The number of ether oxygens (including phenoxy) is 1. The molecule has 10 nitrogen and oxygen atoms in total. The minimum absolute atomic E-state index is 0.122. The summed E-state index contributed by atoms with van der Waals surface area (Å²) in [7, 11) is 0. The lowest BCUT2D eigenvalue weighted by atomic mass is 10.0. The van der Waals surface area contributed by atoms with Gasteiger partial charge in [0.1, 0.15) is 17.8 Å². The van der Waals surface area contributed by atoms with Crippen molar-refractivity contribution >= 4 is 28.8 Å². The molecule has 42 heavy (non-hydrogen) atoms. The number of benzene rings is 1. The zero-order valence-corrected chi connectivity index (χ0v) is 24.9. The number of carbonyl (C=O) groups excluding carboxylic acids is 3. The van der Waals surface area contributed by atoms with Gasteiger partial charge in [-0.3, -0.25) is 4.79 Å². The van der Waals surface area contributed by atoms with E-state index in [2.05, 4.69) is 20.6 Å². The lowest BCUT2D eigenvalue weighted by Crippen LogP contribution is -2.52. The quantitative estimate of drug-likeness (QED) is 0.254. The zero-order chi connectivity index (χ0) is 29.6. The largest absolute Gasteiger partial charge is 0.461 e. The lowest BCUT2D eigenvalue weighted by Gasteiger charge is -2.27. The number of rotatable bonds is 11. The summed E-state index contributed by atoms with van der Waals surface area (Å²) in [4.78, 5) is 49.6. The number of oxazole rings is 1. The molecule has 3 heterocycles. The first-order valence-corrected chi connectivity index (χ1v) is 15.4. The fourth-order valence-corrected chi connectivity index (χ4v) is 5.68. The maximum atomic E-state index is 13.9. The predicted octanol–water partition coefficient (Wildman–Crippen LogP) is 5.61. The van der Waals surface area contributed by atoms with E-state index in [1.54, 1.807) is 6.92 Å². The van der Waals surface area contributed by atoms with E-state index in [4.69, 9.17) is 9.15 Å². The van der Waals surface area contributed by atoms with Crippen LogP contribution < -0.4 is 10.6 Å². The van der Waals surface area contributed by atoms with Gasteiger partial charge in [0.2, 0.25) is 11.8 Å². The number of esters is 1. The third kappa shape index (κ3) is 7.14. The van der Waals surface area contributed by atoms with Crippen molar-refractivity contribution < 1.29 is 23.5 Å². The molecular formula is C32H43N5O5. The van der Waals surface area contributed by atoms with Gasteiger partial charge in [0.05, 0.1) is 6.61 Å². The zero-order valence-electron chi connectivity index (χ0n) is 24.9. The van der Waals surface area contributed by atoms with Crippen molar-refractivity contribution in [2.24, 2.45) is 5.92 Å². The lowest BCUT2D eigenvalue weighted by molar-refractivity contribution is -0.124. The van der Waals surface area contributed by atoms with E-state index in [-0.39, 0.29) is 42.0 Å². The molecule has 0 unspecified atom stereocenters. The van der Waals surface area contributed by atoms with Crippen molar-refractivity contribution in [3.63, 3.8) is 0 Å². The normalized spacial score (nSPS) is 17.1. The number of amides is 3. The SMILES string of the molecule is CCOC(=O)c1nc([C@@H](Cc2c[nH]c3ccccc23)NC(=O)[C@H](CC(C)C)NC(=O)N2CCCCCC2)oc1C1CC1. The first-order valence-electron chi connectivity index (χ1n) is 15.4. The number of likely N-dealkylation sites (tertiary alicyclic amines) is 1. The first kappa shape index (κ1) is 29.7. The van der Waals surface area contributed by atoms with Crippen molar-refractivity contribution in [3.8, 4) is 0 Å². The smallest absolute Gasteiger partial charge is 0.360 e. The highest BCUT2D eigenvalue weighted by molar-refractivity contribution is 5.89. The number of H-pyrrole nitrogens is 1. The van der Waals surface area contributed by atoms with Crippen LogP contribution >= 0.6 is 0 Å². The summed E-state index contributed by atoms with van der Waals surface area (Å²) in [6, 6.07) is 6.36. The van der Waals surface area contributed by atoms with Gasteiger partial charge in [0, 0.05) is 42.5 Å². The Kier molecular flexibility index (Phi) is 9.49. The van der Waals surface area contributed by atoms with E-state index < -0.39 is 18.1 Å². The summed E-state index contributed by atoms with van der Waals surface area (Å²) in [5.74, 6) is 0.262. The average Bonchev–Trinajstić information content (AvgIpc) is 3.68. The molecule has 2 fully saturated rings. The second-order valence-electron chi connectivity index (χ2n) is 11.9. The Morgan fingerprint density at radius 1 is 1.10 bits per heavy atom. The molecule has 10 heteroatoms. The van der Waals surface area contributed by atoms with Crippen molar-refractivity contribution in [1.29, 1.82) is 0 Å². The Bertz CT molecular complexity index is 1380. The van der Waals surface area contributed by atoms with Gasteiger partial charge < -0.3 is 29.7 Å². The van der Waals surface area contributed by atoms with Gasteiger partial charge in [-0.1, -0.05) is 44.9 Å². The van der Waals surface area contributed by atoms with E-state index in [0.717, 1.165) is 55.0 Å². The molecule has 3 aromatic rings. The number of aromatic nitrogens is 2. The van der Waals surface area contributed by atoms with E-state index >= 15 is 0 Å². The molecule has 0 bridgehead atoms. The van der Waals surface area contributed by atoms with Crippen LogP contribution in [0.4, 0.5) is 4.79 Å². The van der Waals surface area contributed by atoms with Crippen LogP contribution in [-0.2, 0) is 16.0 Å². The van der Waals surface area contributed by atoms with E-state index in [0.29, 0.717) is 31.7 Å². The fraction of sp³-hybridized carbons (Fsp3) is 0.562. The third-order valence-corrected chi connectivity index (χ3v) is 8.01. The van der Waals surface area contributed by atoms with Crippen molar-refractivity contribution in [2.75, 3.05) is 19.7 Å². The highest BCUT2D eigenvalue weighted by atomic mass is 16.5. The number of hydrogen-bond donors (Lipinski definition) is 3. The molecule has 5 rings (SSSR count). The summed E-state index contributed by atoms with van der Waals surface area (Å²) in [6.45, 7) is 7.44. The fourth-order valence-electron chi connectivity index (χ4n) is 5.68. The van der Waals surface area contributed by atoms with Crippen molar-refractivity contribution in [1.82, 2.24) is 25.5 Å². The van der Waals surface area contributed by atoms with Crippen LogP contribution in [-0.4, -0.2) is 58.5 Å². The van der Waals surface area contributed by atoms with Gasteiger partial charge in [0.15, 0.2) is 5.69 Å². The van der Waals surface area contributed by atoms with Crippen molar-refractivity contribution in [2.45, 2.75) is 90.1 Å². The highest BCUT2D eigenvalue weighted by Crippen LogP contribution is 2.43. The number of nitrogens with one attached hydrogen (secondary N) is 3. The summed E-state index contributed by atoms with van der Waals surface area (Å²) in [5.41, 5.74) is 2.15. The summed E-state index contributed by atoms with van der Waals surface area (Å²) < 4.78 is 11.5. The van der Waals surface area contributed by atoms with Crippen LogP contribution in [0, 0.1) is 5.92 Å². The van der Waals surface area contributed by atoms with E-state index in [1.165, 1.54) is 0 Å². The van der Waals surface area contributed by atoms with E-state index in [9.17, 15) is 14.4 Å². The minimum atomic E-state index is -0.728. The number of hydrogen-bond acceptors (Lipinski definition) is 6. The molecule has 1 saturated carbocycles. The van der Waals surface area contributed by atoms with Gasteiger partial charge in [-0.25, -0.2) is 14.6 Å². The van der Waals surface area contributed by atoms with Crippen LogP contribution in [0.5, 0.6) is 0 Å². The van der Waals surface area contributed by atoms with Crippen LogP contribution in [0.1, 0.15) is 105 Å². The maximum Gasteiger partial charge on any atom is 0.360 e.